The number of carbonyl (C=O) groups excluding carboxylic acids is 2. The van der Waals surface area contributed by atoms with Crippen LogP contribution < -0.4 is 0 Å². The Hall–Kier alpha value is -1.39. The quantitative estimate of drug-likeness (QED) is 0.229. The van der Waals surface area contributed by atoms with Crippen molar-refractivity contribution in [2.75, 3.05) is 13.7 Å². The van der Waals surface area contributed by atoms with Crippen molar-refractivity contribution < 1.29 is 19.1 Å². The summed E-state index contributed by atoms with van der Waals surface area (Å²) >= 11 is 0. The van der Waals surface area contributed by atoms with E-state index in [1.807, 2.05) is 13.8 Å². The van der Waals surface area contributed by atoms with Gasteiger partial charge in [0.25, 0.3) is 0 Å². The number of unbranched alkanes of at least 4 members (excludes halogenated alkanes) is 8. The summed E-state index contributed by atoms with van der Waals surface area (Å²) in [5, 5.41) is 0. The fourth-order valence-corrected chi connectivity index (χ4v) is 2.50. The molecule has 0 aliphatic carbocycles. The summed E-state index contributed by atoms with van der Waals surface area (Å²) in [6.07, 6.45) is 13.2. The maximum absolute atomic E-state index is 11.8. The van der Waals surface area contributed by atoms with Crippen LogP contribution in [-0.2, 0) is 19.1 Å². The van der Waals surface area contributed by atoms with Gasteiger partial charge in [-0.15, -0.1) is 0 Å². The number of methoxy groups -OCH3 is 1. The van der Waals surface area contributed by atoms with E-state index in [0.717, 1.165) is 12.8 Å². The molecule has 0 radical (unpaired) electrons. The summed E-state index contributed by atoms with van der Waals surface area (Å²) in [5.41, 5.74) is -0.406. The molecule has 26 heavy (non-hydrogen) atoms. The van der Waals surface area contributed by atoms with Gasteiger partial charge in [-0.2, -0.15) is 0 Å². The highest BCUT2D eigenvalue weighted by molar-refractivity contribution is 5.78. The van der Waals surface area contributed by atoms with Crippen molar-refractivity contribution in [1.29, 1.82) is 0 Å². The van der Waals surface area contributed by atoms with Gasteiger partial charge in [0.2, 0.25) is 0 Å². The maximum atomic E-state index is 11.8. The van der Waals surface area contributed by atoms with Gasteiger partial charge in [-0.05, 0) is 13.3 Å². The van der Waals surface area contributed by atoms with Crippen molar-refractivity contribution in [3.05, 3.63) is 0 Å². The topological polar surface area (TPSA) is 65.0 Å². The third kappa shape index (κ3) is 13.9. The first-order valence-corrected chi connectivity index (χ1v) is 10.1. The highest BCUT2D eigenvalue weighted by Gasteiger charge is 2.19. The lowest BCUT2D eigenvalue weighted by Gasteiger charge is -2.19. The fourth-order valence-electron chi connectivity index (χ4n) is 2.50. The van der Waals surface area contributed by atoms with Crippen LogP contribution in [0.3, 0.4) is 0 Å². The van der Waals surface area contributed by atoms with Crippen LogP contribution in [0, 0.1) is 5.41 Å². The van der Waals surface area contributed by atoms with E-state index >= 15 is 0 Å². The van der Waals surface area contributed by atoms with E-state index in [-0.39, 0.29) is 18.5 Å². The Morgan fingerprint density at radius 1 is 1.00 bits per heavy atom. The van der Waals surface area contributed by atoms with E-state index in [0.29, 0.717) is 6.42 Å². The minimum Gasteiger partial charge on any atom is -0.467 e. The second-order valence-corrected chi connectivity index (χ2v) is 7.70. The summed E-state index contributed by atoms with van der Waals surface area (Å²) in [6, 6.07) is -0.544. The number of hydrogen-bond acceptors (Lipinski definition) is 5. The number of rotatable bonds is 15. The monoisotopic (exact) mass is 369 g/mol. The van der Waals surface area contributed by atoms with E-state index in [4.69, 9.17) is 4.74 Å². The Bertz CT molecular complexity index is 418. The summed E-state index contributed by atoms with van der Waals surface area (Å²) in [7, 11) is 1.34. The van der Waals surface area contributed by atoms with Gasteiger partial charge in [0.15, 0.2) is 0 Å². The number of esters is 2. The number of carbonyl (C=O) groups is 2. The van der Waals surface area contributed by atoms with Crippen LogP contribution in [0.2, 0.25) is 0 Å². The first kappa shape index (κ1) is 24.6. The lowest BCUT2D eigenvalue weighted by Crippen LogP contribution is -2.25. The molecule has 0 aliphatic heterocycles. The van der Waals surface area contributed by atoms with Crippen LogP contribution in [-0.4, -0.2) is 37.9 Å². The smallest absolute Gasteiger partial charge is 0.330 e. The first-order chi connectivity index (χ1) is 12.3. The second kappa shape index (κ2) is 14.7. The molecule has 0 saturated heterocycles. The normalized spacial score (nSPS) is 13.0. The van der Waals surface area contributed by atoms with Gasteiger partial charge in [0, 0.05) is 18.1 Å². The van der Waals surface area contributed by atoms with Gasteiger partial charge in [-0.1, -0.05) is 72.1 Å². The highest BCUT2D eigenvalue weighted by Crippen LogP contribution is 2.15. The number of ether oxygens (including phenoxy) is 2. The Kier molecular flexibility index (Phi) is 14.0. The van der Waals surface area contributed by atoms with Crippen molar-refractivity contribution >= 4 is 18.2 Å². The Balaban J connectivity index is 3.80. The number of aliphatic imine (C=N–C) groups is 1. The van der Waals surface area contributed by atoms with Crippen molar-refractivity contribution in [3.63, 3.8) is 0 Å². The largest absolute Gasteiger partial charge is 0.467 e. The number of hydrogen-bond donors (Lipinski definition) is 0. The lowest BCUT2D eigenvalue weighted by molar-refractivity contribution is -0.145. The Labute approximate surface area is 159 Å². The standard InChI is InChI=1S/C21H39NO4/c1-6-7-8-9-10-11-12-13-14-15-19(23)26-17-21(3,4)16-22-18(2)20(24)25-5/h16,18H,6-15,17H2,1-5H3. The SMILES string of the molecule is CCCCCCCCCCCC(=O)OCC(C)(C)C=NC(C)C(=O)OC. The van der Waals surface area contributed by atoms with Crippen LogP contribution >= 0.6 is 0 Å². The molecule has 0 aromatic heterocycles. The molecule has 152 valence electrons. The van der Waals surface area contributed by atoms with Gasteiger partial charge < -0.3 is 9.47 Å². The Morgan fingerprint density at radius 3 is 2.08 bits per heavy atom. The minimum absolute atomic E-state index is 0.157. The molecule has 0 aromatic carbocycles. The average molecular weight is 370 g/mol. The van der Waals surface area contributed by atoms with E-state index < -0.39 is 11.5 Å². The molecule has 0 saturated carbocycles. The molecular weight excluding hydrogens is 330 g/mol. The summed E-state index contributed by atoms with van der Waals surface area (Å²) < 4.78 is 9.99. The van der Waals surface area contributed by atoms with E-state index in [9.17, 15) is 9.59 Å². The molecule has 0 heterocycles. The molecule has 0 N–H and O–H groups in total. The molecule has 0 fully saturated rings. The second-order valence-electron chi connectivity index (χ2n) is 7.70. The molecule has 5 nitrogen and oxygen atoms in total. The van der Waals surface area contributed by atoms with E-state index in [1.165, 1.54) is 52.1 Å². The summed E-state index contributed by atoms with van der Waals surface area (Å²) in [6.45, 7) is 8.02. The minimum atomic E-state index is -0.544. The summed E-state index contributed by atoms with van der Waals surface area (Å²) in [4.78, 5) is 27.4. The number of nitrogens with zero attached hydrogens (tertiary/aromatic N) is 1. The molecule has 5 heteroatoms. The fraction of sp³-hybridized carbons (Fsp3) is 0.857. The third-order valence-corrected chi connectivity index (χ3v) is 4.28. The molecule has 0 rings (SSSR count). The zero-order valence-electron chi connectivity index (χ0n) is 17.5. The van der Waals surface area contributed by atoms with E-state index in [1.54, 1.807) is 13.1 Å². The van der Waals surface area contributed by atoms with Crippen molar-refractivity contribution in [3.8, 4) is 0 Å². The van der Waals surface area contributed by atoms with Gasteiger partial charge in [-0.3, -0.25) is 9.79 Å². The lowest BCUT2D eigenvalue weighted by atomic mass is 9.97. The van der Waals surface area contributed by atoms with Gasteiger partial charge in [0.1, 0.15) is 12.6 Å². The van der Waals surface area contributed by atoms with Gasteiger partial charge >= 0.3 is 11.9 Å². The average Bonchev–Trinajstić information content (AvgIpc) is 2.62. The first-order valence-electron chi connectivity index (χ1n) is 10.1. The molecule has 1 unspecified atom stereocenters. The zero-order valence-corrected chi connectivity index (χ0v) is 17.5. The predicted molar refractivity (Wildman–Crippen MR) is 107 cm³/mol. The molecule has 0 aliphatic rings. The van der Waals surface area contributed by atoms with Crippen LogP contribution in [0.4, 0.5) is 0 Å². The summed E-state index contributed by atoms with van der Waals surface area (Å²) in [5.74, 6) is -0.533. The van der Waals surface area contributed by atoms with Crippen LogP contribution in [0.25, 0.3) is 0 Å². The Morgan fingerprint density at radius 2 is 1.54 bits per heavy atom. The van der Waals surface area contributed by atoms with Crippen molar-refractivity contribution in [2.45, 2.75) is 97.9 Å². The van der Waals surface area contributed by atoms with Crippen LogP contribution in [0.15, 0.2) is 4.99 Å². The maximum Gasteiger partial charge on any atom is 0.330 e. The van der Waals surface area contributed by atoms with Crippen molar-refractivity contribution in [2.24, 2.45) is 10.4 Å². The van der Waals surface area contributed by atoms with Gasteiger partial charge in [-0.25, -0.2) is 4.79 Å². The molecule has 0 aromatic rings. The van der Waals surface area contributed by atoms with Crippen molar-refractivity contribution in [1.82, 2.24) is 0 Å². The highest BCUT2D eigenvalue weighted by atomic mass is 16.5. The van der Waals surface area contributed by atoms with Crippen LogP contribution in [0.5, 0.6) is 0 Å². The molecule has 1 atom stereocenters. The molecule has 0 amide bonds. The molecule has 0 spiro atoms. The molecular formula is C21H39NO4. The van der Waals surface area contributed by atoms with Gasteiger partial charge in [0.05, 0.1) is 7.11 Å². The molecule has 0 bridgehead atoms. The zero-order chi connectivity index (χ0) is 19.8. The van der Waals surface area contributed by atoms with E-state index in [2.05, 4.69) is 16.7 Å². The predicted octanol–water partition coefficient (Wildman–Crippen LogP) is 5.11. The third-order valence-electron chi connectivity index (χ3n) is 4.28. The van der Waals surface area contributed by atoms with Crippen LogP contribution in [0.1, 0.15) is 91.9 Å².